The van der Waals surface area contributed by atoms with Crippen LogP contribution in [0, 0.1) is 0 Å². The van der Waals surface area contributed by atoms with Crippen molar-refractivity contribution >= 4 is 28.6 Å². The topological polar surface area (TPSA) is 81.9 Å². The molecule has 1 aromatic carbocycles. The molecule has 0 unspecified atom stereocenters. The third-order valence-corrected chi connectivity index (χ3v) is 4.79. The fourth-order valence-corrected chi connectivity index (χ4v) is 3.33. The Morgan fingerprint density at radius 3 is 2.81 bits per heavy atom. The maximum absolute atomic E-state index is 12.3. The number of nitrogens with zero attached hydrogens (tertiary/aromatic N) is 4. The summed E-state index contributed by atoms with van der Waals surface area (Å²) in [7, 11) is 0. The zero-order valence-electron chi connectivity index (χ0n) is 13.4. The lowest BCUT2D eigenvalue weighted by Gasteiger charge is -2.05. The zero-order valence-corrected chi connectivity index (χ0v) is 15.0. The van der Waals surface area contributed by atoms with Crippen molar-refractivity contribution in [3.05, 3.63) is 70.1 Å². The fraction of sp³-hybridized carbons (Fsp3) is 0.0588. The number of ether oxygens (including phenoxy) is 1. The van der Waals surface area contributed by atoms with Gasteiger partial charge in [-0.25, -0.2) is 9.67 Å². The van der Waals surface area contributed by atoms with E-state index in [0.717, 1.165) is 5.69 Å². The quantitative estimate of drug-likeness (QED) is 0.551. The number of nitrogens with one attached hydrogen (secondary N) is 1. The molecule has 0 saturated heterocycles. The van der Waals surface area contributed by atoms with Crippen molar-refractivity contribution in [2.24, 2.45) is 0 Å². The van der Waals surface area contributed by atoms with E-state index in [4.69, 9.17) is 4.74 Å². The van der Waals surface area contributed by atoms with Gasteiger partial charge in [0.15, 0.2) is 0 Å². The molecule has 0 aliphatic heterocycles. The number of rotatable bonds is 6. The van der Waals surface area contributed by atoms with Gasteiger partial charge in [-0.1, -0.05) is 16.6 Å². The van der Waals surface area contributed by atoms with Crippen LogP contribution in [-0.2, 0) is 6.54 Å². The Labute approximate surface area is 156 Å². The van der Waals surface area contributed by atoms with Gasteiger partial charge >= 0.3 is 0 Å². The number of benzene rings is 1. The van der Waals surface area contributed by atoms with Crippen molar-refractivity contribution in [3.63, 3.8) is 0 Å². The number of aromatic nitrogens is 4. The molecule has 3 aromatic heterocycles. The third-order valence-electron chi connectivity index (χ3n) is 3.47. The van der Waals surface area contributed by atoms with Gasteiger partial charge in [-0.05, 0) is 35.7 Å². The predicted molar refractivity (Wildman–Crippen MR) is 99.0 cm³/mol. The molecule has 0 radical (unpaired) electrons. The highest BCUT2D eigenvalue weighted by atomic mass is 32.1. The van der Waals surface area contributed by atoms with E-state index in [1.807, 2.05) is 22.2 Å². The lowest BCUT2D eigenvalue weighted by molar-refractivity contribution is 0.0950. The van der Waals surface area contributed by atoms with E-state index in [-0.39, 0.29) is 5.91 Å². The van der Waals surface area contributed by atoms with E-state index in [9.17, 15) is 4.79 Å². The van der Waals surface area contributed by atoms with E-state index in [1.165, 1.54) is 11.3 Å². The summed E-state index contributed by atoms with van der Waals surface area (Å²) in [4.78, 5) is 16.3. The summed E-state index contributed by atoms with van der Waals surface area (Å²) in [5.74, 6) is 0.450. The minimum Gasteiger partial charge on any atom is -0.431 e. The van der Waals surface area contributed by atoms with Crippen LogP contribution in [0.15, 0.2) is 58.9 Å². The van der Waals surface area contributed by atoms with Gasteiger partial charge in [0.2, 0.25) is 0 Å². The highest BCUT2D eigenvalue weighted by molar-refractivity contribution is 7.11. The number of thiazole rings is 1. The molecular formula is C17H13N5O2S2. The monoisotopic (exact) mass is 383 g/mol. The van der Waals surface area contributed by atoms with Crippen LogP contribution in [0.1, 0.15) is 16.1 Å². The molecule has 26 heavy (non-hydrogen) atoms. The second-order valence-corrected chi connectivity index (χ2v) is 6.88. The first kappa shape index (κ1) is 16.4. The van der Waals surface area contributed by atoms with Crippen LogP contribution < -0.4 is 10.1 Å². The van der Waals surface area contributed by atoms with Crippen molar-refractivity contribution in [3.8, 4) is 16.6 Å². The molecule has 0 bridgehead atoms. The second kappa shape index (κ2) is 7.46. The van der Waals surface area contributed by atoms with Crippen molar-refractivity contribution in [2.75, 3.05) is 0 Å². The van der Waals surface area contributed by atoms with Crippen molar-refractivity contribution in [1.29, 1.82) is 0 Å². The summed E-state index contributed by atoms with van der Waals surface area (Å²) in [6.45, 7) is 0.306. The molecule has 0 aliphatic carbocycles. The van der Waals surface area contributed by atoms with Crippen LogP contribution in [0.4, 0.5) is 0 Å². The smallest absolute Gasteiger partial charge is 0.278 e. The van der Waals surface area contributed by atoms with Crippen LogP contribution in [0.2, 0.25) is 0 Å². The normalized spacial score (nSPS) is 10.6. The number of carbonyl (C=O) groups excluding carboxylic acids is 1. The average molecular weight is 383 g/mol. The zero-order chi connectivity index (χ0) is 17.8. The summed E-state index contributed by atoms with van der Waals surface area (Å²) < 4.78 is 7.26. The largest absolute Gasteiger partial charge is 0.431 e. The Bertz CT molecular complexity index is 979. The van der Waals surface area contributed by atoms with E-state index < -0.39 is 0 Å². The maximum atomic E-state index is 12.3. The molecule has 4 rings (SSSR count). The Balaban J connectivity index is 1.34. The summed E-state index contributed by atoms with van der Waals surface area (Å²) in [5, 5.41) is 17.3. The highest BCUT2D eigenvalue weighted by Gasteiger charge is 2.09. The molecule has 0 spiro atoms. The molecule has 4 aromatic rings. The Morgan fingerprint density at radius 2 is 2.08 bits per heavy atom. The summed E-state index contributed by atoms with van der Waals surface area (Å²) in [5.41, 5.74) is 2.19. The van der Waals surface area contributed by atoms with Gasteiger partial charge in [0.25, 0.3) is 11.1 Å². The molecule has 0 saturated carbocycles. The van der Waals surface area contributed by atoms with Gasteiger partial charge < -0.3 is 10.1 Å². The molecule has 0 aliphatic rings. The van der Waals surface area contributed by atoms with E-state index >= 15 is 0 Å². The molecule has 9 heteroatoms. The highest BCUT2D eigenvalue weighted by Crippen LogP contribution is 2.23. The summed E-state index contributed by atoms with van der Waals surface area (Å²) in [6, 6.07) is 8.85. The van der Waals surface area contributed by atoms with Gasteiger partial charge in [-0.3, -0.25) is 4.79 Å². The van der Waals surface area contributed by atoms with Crippen molar-refractivity contribution in [2.45, 2.75) is 6.54 Å². The van der Waals surface area contributed by atoms with Gasteiger partial charge in [0, 0.05) is 22.5 Å². The molecule has 3 heterocycles. The van der Waals surface area contributed by atoms with Crippen LogP contribution in [0.5, 0.6) is 10.9 Å². The lowest BCUT2D eigenvalue weighted by Crippen LogP contribution is -2.22. The first-order chi connectivity index (χ1) is 12.8. The molecule has 0 fully saturated rings. The number of hydrogen-bond acceptors (Lipinski definition) is 7. The standard InChI is InChI=1S/C17H13N5O2S2/c23-16(12-1-3-15(4-2-12)24-17-18-6-8-26-17)19-9-13-10-22(21-20-13)14-5-7-25-11-14/h1-8,10-11H,9H2,(H,19,23). The first-order valence-electron chi connectivity index (χ1n) is 7.67. The molecule has 1 N–H and O–H groups in total. The Hall–Kier alpha value is -3.04. The minimum atomic E-state index is -0.184. The average Bonchev–Trinajstić information content (AvgIpc) is 3.41. The van der Waals surface area contributed by atoms with E-state index in [2.05, 4.69) is 20.6 Å². The van der Waals surface area contributed by atoms with Gasteiger partial charge in [0.05, 0.1) is 18.4 Å². The van der Waals surface area contributed by atoms with E-state index in [0.29, 0.717) is 28.7 Å². The van der Waals surface area contributed by atoms with Crippen molar-refractivity contribution in [1.82, 2.24) is 25.3 Å². The second-order valence-electron chi connectivity index (χ2n) is 5.24. The molecule has 130 valence electrons. The number of carbonyl (C=O) groups is 1. The van der Waals surface area contributed by atoms with Gasteiger partial charge in [0.1, 0.15) is 11.4 Å². The predicted octanol–water partition coefficient (Wildman–Crippen LogP) is 3.51. The van der Waals surface area contributed by atoms with Crippen molar-refractivity contribution < 1.29 is 9.53 Å². The van der Waals surface area contributed by atoms with Crippen LogP contribution in [0.25, 0.3) is 5.69 Å². The summed E-state index contributed by atoms with van der Waals surface area (Å²) >= 11 is 3.00. The third kappa shape index (κ3) is 3.79. The van der Waals surface area contributed by atoms with Gasteiger partial charge in [-0.15, -0.1) is 5.10 Å². The van der Waals surface area contributed by atoms with Crippen LogP contribution >= 0.6 is 22.7 Å². The minimum absolute atomic E-state index is 0.184. The van der Waals surface area contributed by atoms with Crippen LogP contribution in [-0.4, -0.2) is 25.9 Å². The lowest BCUT2D eigenvalue weighted by atomic mass is 10.2. The molecule has 7 nitrogen and oxygen atoms in total. The molecule has 1 amide bonds. The van der Waals surface area contributed by atoms with Crippen LogP contribution in [0.3, 0.4) is 0 Å². The number of thiophene rings is 1. The van der Waals surface area contributed by atoms with E-state index in [1.54, 1.807) is 52.7 Å². The fourth-order valence-electron chi connectivity index (χ4n) is 2.20. The Morgan fingerprint density at radius 1 is 1.19 bits per heavy atom. The molecular weight excluding hydrogens is 370 g/mol. The number of hydrogen-bond donors (Lipinski definition) is 1. The summed E-state index contributed by atoms with van der Waals surface area (Å²) in [6.07, 6.45) is 3.48. The first-order valence-corrected chi connectivity index (χ1v) is 9.49. The van der Waals surface area contributed by atoms with Gasteiger partial charge in [-0.2, -0.15) is 11.3 Å². The Kier molecular flexibility index (Phi) is 4.71. The molecule has 0 atom stereocenters. The maximum Gasteiger partial charge on any atom is 0.278 e. The SMILES string of the molecule is O=C(NCc1cn(-c2ccsc2)nn1)c1ccc(Oc2nccs2)cc1. The number of amides is 1.